The van der Waals surface area contributed by atoms with Gasteiger partial charge in [-0.2, -0.15) is 5.10 Å². The van der Waals surface area contributed by atoms with E-state index in [1.54, 1.807) is 27.7 Å². The van der Waals surface area contributed by atoms with Crippen LogP contribution in [0.15, 0.2) is 30.9 Å². The summed E-state index contributed by atoms with van der Waals surface area (Å²) in [5.41, 5.74) is 1.66. The van der Waals surface area contributed by atoms with Gasteiger partial charge in [-0.25, -0.2) is 19.6 Å². The molecule has 1 aromatic carbocycles. The number of anilines is 2. The van der Waals surface area contributed by atoms with Crippen LogP contribution in [0.2, 0.25) is 0 Å². The lowest BCUT2D eigenvalue weighted by Gasteiger charge is -2.28. The lowest BCUT2D eigenvalue weighted by molar-refractivity contribution is 0.251. The summed E-state index contributed by atoms with van der Waals surface area (Å²) in [4.78, 5) is 16.9. The molecular formula is C26H34N8O3. The van der Waals surface area contributed by atoms with Crippen molar-refractivity contribution in [2.45, 2.75) is 38.6 Å². The molecule has 1 aliphatic rings. The standard InChI is InChI=1S/C26H34N8O3/c1-16(2)34-26-19(13-28-34)25(30-24(31-26)17-7-9-32(3)10-8-17)29-22-14-33(15-27-22)18-11-20(35-4)23(37-6)21(12-18)36-5/h11-17H,7-10H2,1-6H3,(H,29,30,31). The van der Waals surface area contributed by atoms with Crippen LogP contribution in [0.25, 0.3) is 16.7 Å². The van der Waals surface area contributed by atoms with E-state index in [-0.39, 0.29) is 6.04 Å². The molecule has 37 heavy (non-hydrogen) atoms. The lowest BCUT2D eigenvalue weighted by atomic mass is 9.96. The molecule has 1 saturated heterocycles. The minimum atomic E-state index is 0.185. The van der Waals surface area contributed by atoms with E-state index < -0.39 is 0 Å². The minimum Gasteiger partial charge on any atom is -0.493 e. The molecule has 3 aromatic heterocycles. The molecule has 0 bridgehead atoms. The summed E-state index contributed by atoms with van der Waals surface area (Å²) in [7, 11) is 6.94. The van der Waals surface area contributed by atoms with Crippen molar-refractivity contribution in [2.75, 3.05) is 46.8 Å². The van der Waals surface area contributed by atoms with E-state index in [9.17, 15) is 0 Å². The van der Waals surface area contributed by atoms with Crippen molar-refractivity contribution in [3.63, 3.8) is 0 Å². The molecule has 0 unspecified atom stereocenters. The van der Waals surface area contributed by atoms with Crippen LogP contribution in [0.3, 0.4) is 0 Å². The van der Waals surface area contributed by atoms with E-state index in [0.29, 0.717) is 34.8 Å². The normalized spacial score (nSPS) is 14.9. The molecule has 1 N–H and O–H groups in total. The Kier molecular flexibility index (Phi) is 6.88. The fourth-order valence-corrected chi connectivity index (χ4v) is 4.73. The third-order valence-corrected chi connectivity index (χ3v) is 6.82. The van der Waals surface area contributed by atoms with Gasteiger partial charge < -0.3 is 29.0 Å². The molecule has 0 atom stereocenters. The first-order valence-electron chi connectivity index (χ1n) is 12.5. The number of methoxy groups -OCH3 is 3. The molecule has 5 rings (SSSR count). The van der Waals surface area contributed by atoms with Gasteiger partial charge in [-0.05, 0) is 46.8 Å². The maximum Gasteiger partial charge on any atom is 0.203 e. The second kappa shape index (κ2) is 10.3. The molecule has 0 saturated carbocycles. The number of likely N-dealkylation sites (tertiary alicyclic amines) is 1. The van der Waals surface area contributed by atoms with Gasteiger partial charge in [0, 0.05) is 24.1 Å². The van der Waals surface area contributed by atoms with Crippen LogP contribution in [0.4, 0.5) is 11.6 Å². The Morgan fingerprint density at radius 2 is 1.70 bits per heavy atom. The first-order chi connectivity index (χ1) is 17.9. The van der Waals surface area contributed by atoms with Crippen molar-refractivity contribution in [1.29, 1.82) is 0 Å². The highest BCUT2D eigenvalue weighted by Gasteiger charge is 2.24. The van der Waals surface area contributed by atoms with Crippen molar-refractivity contribution in [2.24, 2.45) is 0 Å². The maximum absolute atomic E-state index is 5.51. The van der Waals surface area contributed by atoms with Gasteiger partial charge in [-0.3, -0.25) is 0 Å². The SMILES string of the molecule is COc1cc(-n2cnc(Nc3nc(C4CCN(C)CC4)nc4c3cnn4C(C)C)c2)cc(OC)c1OC. The van der Waals surface area contributed by atoms with Crippen LogP contribution in [-0.2, 0) is 0 Å². The average molecular weight is 507 g/mol. The minimum absolute atomic E-state index is 0.185. The molecule has 196 valence electrons. The van der Waals surface area contributed by atoms with Crippen LogP contribution in [0.5, 0.6) is 17.2 Å². The number of nitrogens with zero attached hydrogens (tertiary/aromatic N) is 7. The van der Waals surface area contributed by atoms with Crippen LogP contribution in [0.1, 0.15) is 44.5 Å². The molecule has 4 heterocycles. The second-order valence-electron chi connectivity index (χ2n) is 9.60. The number of rotatable bonds is 8. The van der Waals surface area contributed by atoms with Gasteiger partial charge in [0.15, 0.2) is 17.1 Å². The molecule has 0 aliphatic carbocycles. The highest BCUT2D eigenvalue weighted by Crippen LogP contribution is 2.39. The molecule has 0 spiro atoms. The fraction of sp³-hybridized carbons (Fsp3) is 0.462. The van der Waals surface area contributed by atoms with Gasteiger partial charge in [-0.1, -0.05) is 0 Å². The molecule has 0 amide bonds. The van der Waals surface area contributed by atoms with Crippen molar-refractivity contribution in [3.8, 4) is 22.9 Å². The first kappa shape index (κ1) is 24.8. The van der Waals surface area contributed by atoms with E-state index in [0.717, 1.165) is 48.5 Å². The Labute approximate surface area is 216 Å². The third kappa shape index (κ3) is 4.78. The zero-order valence-corrected chi connectivity index (χ0v) is 22.2. The number of nitrogens with one attached hydrogen (secondary N) is 1. The second-order valence-corrected chi connectivity index (χ2v) is 9.60. The first-order valence-corrected chi connectivity index (χ1v) is 12.5. The van der Waals surface area contributed by atoms with Crippen LogP contribution >= 0.6 is 0 Å². The predicted molar refractivity (Wildman–Crippen MR) is 142 cm³/mol. The van der Waals surface area contributed by atoms with Crippen LogP contribution < -0.4 is 19.5 Å². The fourth-order valence-electron chi connectivity index (χ4n) is 4.73. The topological polar surface area (TPSA) is 104 Å². The molecule has 11 nitrogen and oxygen atoms in total. The quantitative estimate of drug-likeness (QED) is 0.377. The maximum atomic E-state index is 5.51. The summed E-state index contributed by atoms with van der Waals surface area (Å²) in [5, 5.41) is 8.89. The van der Waals surface area contributed by atoms with E-state index >= 15 is 0 Å². The molecular weight excluding hydrogens is 472 g/mol. The van der Waals surface area contributed by atoms with Crippen LogP contribution in [-0.4, -0.2) is 75.7 Å². The van der Waals surface area contributed by atoms with Gasteiger partial charge in [0.05, 0.1) is 44.8 Å². The summed E-state index contributed by atoms with van der Waals surface area (Å²) in [6.45, 7) is 6.29. The molecule has 11 heteroatoms. The Bertz CT molecular complexity index is 1360. The van der Waals surface area contributed by atoms with Crippen molar-refractivity contribution in [3.05, 3.63) is 36.7 Å². The lowest BCUT2D eigenvalue weighted by Crippen LogP contribution is -2.30. The van der Waals surface area contributed by atoms with E-state index in [1.165, 1.54) is 0 Å². The summed E-state index contributed by atoms with van der Waals surface area (Å²) < 4.78 is 20.3. The number of aromatic nitrogens is 6. The summed E-state index contributed by atoms with van der Waals surface area (Å²) in [5.74, 6) is 4.21. The van der Waals surface area contributed by atoms with Gasteiger partial charge >= 0.3 is 0 Å². The number of fused-ring (bicyclic) bond motifs is 1. The Morgan fingerprint density at radius 1 is 1.00 bits per heavy atom. The number of hydrogen-bond acceptors (Lipinski definition) is 9. The highest BCUT2D eigenvalue weighted by atomic mass is 16.5. The molecule has 1 fully saturated rings. The Balaban J connectivity index is 1.50. The summed E-state index contributed by atoms with van der Waals surface area (Å²) in [6.07, 6.45) is 7.53. The van der Waals surface area contributed by atoms with Crippen LogP contribution in [0, 0.1) is 0 Å². The van der Waals surface area contributed by atoms with Crippen molar-refractivity contribution < 1.29 is 14.2 Å². The van der Waals surface area contributed by atoms with Gasteiger partial charge in [0.2, 0.25) is 5.75 Å². The Hall–Kier alpha value is -3.86. The monoisotopic (exact) mass is 506 g/mol. The number of ether oxygens (including phenoxy) is 3. The molecule has 0 radical (unpaired) electrons. The third-order valence-electron chi connectivity index (χ3n) is 6.82. The summed E-state index contributed by atoms with van der Waals surface area (Å²) in [6, 6.07) is 3.94. The predicted octanol–water partition coefficient (Wildman–Crippen LogP) is 4.17. The van der Waals surface area contributed by atoms with E-state index in [4.69, 9.17) is 24.2 Å². The number of benzene rings is 1. The van der Waals surface area contributed by atoms with Crippen molar-refractivity contribution in [1.82, 2.24) is 34.2 Å². The summed E-state index contributed by atoms with van der Waals surface area (Å²) >= 11 is 0. The van der Waals surface area contributed by atoms with Gasteiger partial charge in [0.25, 0.3) is 0 Å². The zero-order chi connectivity index (χ0) is 26.1. The molecule has 1 aliphatic heterocycles. The zero-order valence-electron chi connectivity index (χ0n) is 22.2. The highest BCUT2D eigenvalue weighted by molar-refractivity contribution is 5.88. The van der Waals surface area contributed by atoms with E-state index in [2.05, 4.69) is 41.2 Å². The van der Waals surface area contributed by atoms with Gasteiger partial charge in [-0.15, -0.1) is 0 Å². The Morgan fingerprint density at radius 3 is 2.32 bits per heavy atom. The molecule has 4 aromatic rings. The number of piperidine rings is 1. The van der Waals surface area contributed by atoms with Gasteiger partial charge in [0.1, 0.15) is 23.8 Å². The smallest absolute Gasteiger partial charge is 0.203 e. The largest absolute Gasteiger partial charge is 0.493 e. The number of hydrogen-bond donors (Lipinski definition) is 1. The van der Waals surface area contributed by atoms with E-state index in [1.807, 2.05) is 33.8 Å². The number of imidazole rings is 1. The van der Waals surface area contributed by atoms with Crippen molar-refractivity contribution >= 4 is 22.7 Å². The average Bonchev–Trinajstić information content (AvgIpc) is 3.55.